The summed E-state index contributed by atoms with van der Waals surface area (Å²) in [5.74, 6) is 5.63. The molecule has 5 unspecified atom stereocenters. The van der Waals surface area contributed by atoms with Crippen molar-refractivity contribution in [1.82, 2.24) is 0 Å². The fourth-order valence-corrected chi connectivity index (χ4v) is 10.9. The molecule has 0 aliphatic heterocycles. The molecule has 8 bridgehead atoms. The number of hydrogen-bond acceptors (Lipinski definition) is 0. The first-order valence-corrected chi connectivity index (χ1v) is 13.6. The third-order valence-electron chi connectivity index (χ3n) is 11.1. The Kier molecular flexibility index (Phi) is 3.72. The lowest BCUT2D eigenvalue weighted by Crippen LogP contribution is -2.56. The van der Waals surface area contributed by atoms with E-state index in [9.17, 15) is 0 Å². The van der Waals surface area contributed by atoms with Gasteiger partial charge in [0.2, 0.25) is 0 Å². The van der Waals surface area contributed by atoms with Crippen LogP contribution >= 0.6 is 0 Å². The summed E-state index contributed by atoms with van der Waals surface area (Å²) >= 11 is 0. The van der Waals surface area contributed by atoms with Gasteiger partial charge in [0, 0.05) is 10.8 Å². The van der Waals surface area contributed by atoms with Crippen LogP contribution in [0.15, 0.2) is 71.8 Å². The van der Waals surface area contributed by atoms with Crippen molar-refractivity contribution in [2.45, 2.75) is 75.0 Å². The Bertz CT molecular complexity index is 960. The van der Waals surface area contributed by atoms with Gasteiger partial charge in [0.25, 0.3) is 0 Å². The van der Waals surface area contributed by atoms with Gasteiger partial charge in [-0.15, -0.1) is 0 Å². The number of benzene rings is 2. The SMILES string of the molecule is c1ccc(C23CC4CC(CC(C4)C2=C2C4CC5C[C@H](C4)CC2(c2ccccc2)C5)C3)cc1. The maximum absolute atomic E-state index is 2.50. The lowest BCUT2D eigenvalue weighted by molar-refractivity contribution is 0.0173. The molecule has 0 heterocycles. The Labute approximate surface area is 193 Å². The minimum absolute atomic E-state index is 0.350. The molecule has 6 atom stereocenters. The summed E-state index contributed by atoms with van der Waals surface area (Å²) in [6.07, 6.45) is 14.8. The fourth-order valence-electron chi connectivity index (χ4n) is 10.9. The summed E-state index contributed by atoms with van der Waals surface area (Å²) in [5, 5.41) is 0. The van der Waals surface area contributed by atoms with Crippen LogP contribution in [0.4, 0.5) is 0 Å². The molecule has 32 heavy (non-hydrogen) atoms. The van der Waals surface area contributed by atoms with E-state index in [2.05, 4.69) is 60.7 Å². The highest BCUT2D eigenvalue weighted by Crippen LogP contribution is 2.70. The molecule has 8 saturated carbocycles. The van der Waals surface area contributed by atoms with Gasteiger partial charge in [0.1, 0.15) is 0 Å². The molecule has 0 amide bonds. The van der Waals surface area contributed by atoms with E-state index < -0.39 is 0 Å². The first kappa shape index (κ1) is 18.6. The molecule has 164 valence electrons. The largest absolute Gasteiger partial charge is 0.0622 e. The number of allylic oxidation sites excluding steroid dienone is 2. The van der Waals surface area contributed by atoms with Crippen LogP contribution in [0.25, 0.3) is 0 Å². The summed E-state index contributed by atoms with van der Waals surface area (Å²) in [5.41, 5.74) is 8.04. The van der Waals surface area contributed by atoms with E-state index in [0.717, 1.165) is 35.5 Å². The highest BCUT2D eigenvalue weighted by molar-refractivity contribution is 5.53. The minimum atomic E-state index is 0.350. The molecular weight excluding hydrogens is 384 g/mol. The van der Waals surface area contributed by atoms with Crippen LogP contribution in [0, 0.1) is 35.5 Å². The van der Waals surface area contributed by atoms with Crippen molar-refractivity contribution < 1.29 is 0 Å². The molecule has 8 aliphatic rings. The molecule has 0 nitrogen and oxygen atoms in total. The average molecular weight is 421 g/mol. The molecule has 2 aromatic rings. The molecule has 2 aromatic carbocycles. The Balaban J connectivity index is 1.41. The van der Waals surface area contributed by atoms with Crippen LogP contribution in [-0.2, 0) is 10.8 Å². The van der Waals surface area contributed by atoms with E-state index in [0.29, 0.717) is 10.8 Å². The van der Waals surface area contributed by atoms with Crippen molar-refractivity contribution in [1.29, 1.82) is 0 Å². The molecule has 0 spiro atoms. The van der Waals surface area contributed by atoms with Gasteiger partial charge in [-0.2, -0.15) is 0 Å². The topological polar surface area (TPSA) is 0 Å². The molecule has 8 fully saturated rings. The second-order valence-electron chi connectivity index (χ2n) is 12.8. The Morgan fingerprint density at radius 2 is 0.781 bits per heavy atom. The molecule has 8 aliphatic carbocycles. The van der Waals surface area contributed by atoms with Crippen LogP contribution in [0.2, 0.25) is 0 Å². The zero-order valence-corrected chi connectivity index (χ0v) is 19.3. The summed E-state index contributed by atoms with van der Waals surface area (Å²) in [4.78, 5) is 0. The van der Waals surface area contributed by atoms with E-state index in [4.69, 9.17) is 0 Å². The van der Waals surface area contributed by atoms with Crippen molar-refractivity contribution in [2.75, 3.05) is 0 Å². The summed E-state index contributed by atoms with van der Waals surface area (Å²) in [7, 11) is 0. The maximum atomic E-state index is 2.50. The third-order valence-corrected chi connectivity index (χ3v) is 11.1. The van der Waals surface area contributed by atoms with Crippen LogP contribution in [0.5, 0.6) is 0 Å². The Morgan fingerprint density at radius 1 is 0.438 bits per heavy atom. The molecule has 0 saturated heterocycles. The van der Waals surface area contributed by atoms with Crippen molar-refractivity contribution in [3.8, 4) is 0 Å². The number of hydrogen-bond donors (Lipinski definition) is 0. The van der Waals surface area contributed by atoms with Crippen LogP contribution in [0.3, 0.4) is 0 Å². The minimum Gasteiger partial charge on any atom is -0.0622 e. The molecule has 0 aromatic heterocycles. The van der Waals surface area contributed by atoms with Gasteiger partial charge in [0.05, 0.1) is 0 Å². The average Bonchev–Trinajstić information content (AvgIpc) is 2.81. The van der Waals surface area contributed by atoms with Crippen LogP contribution in [0.1, 0.15) is 75.3 Å². The highest BCUT2D eigenvalue weighted by atomic mass is 14.7. The smallest absolute Gasteiger partial charge is 0.0173 e. The van der Waals surface area contributed by atoms with Gasteiger partial charge in [-0.05, 0) is 111 Å². The normalized spacial score (nSPS) is 47.9. The Morgan fingerprint density at radius 3 is 1.12 bits per heavy atom. The van der Waals surface area contributed by atoms with Crippen molar-refractivity contribution in [3.63, 3.8) is 0 Å². The second-order valence-corrected chi connectivity index (χ2v) is 12.8. The lowest BCUT2D eigenvalue weighted by Gasteiger charge is -2.65. The highest BCUT2D eigenvalue weighted by Gasteiger charge is 2.61. The third kappa shape index (κ3) is 2.35. The predicted octanol–water partition coefficient (Wildman–Crippen LogP) is 7.84. The molecular formula is C32H36. The first-order chi connectivity index (χ1) is 15.7. The summed E-state index contributed by atoms with van der Waals surface area (Å²) < 4.78 is 0. The molecule has 0 heteroatoms. The van der Waals surface area contributed by atoms with Gasteiger partial charge < -0.3 is 0 Å². The van der Waals surface area contributed by atoms with E-state index in [1.807, 2.05) is 11.1 Å². The van der Waals surface area contributed by atoms with Gasteiger partial charge in [0.15, 0.2) is 0 Å². The Hall–Kier alpha value is -1.82. The van der Waals surface area contributed by atoms with Crippen molar-refractivity contribution in [3.05, 3.63) is 82.9 Å². The van der Waals surface area contributed by atoms with Gasteiger partial charge in [-0.3, -0.25) is 0 Å². The van der Waals surface area contributed by atoms with E-state index in [1.165, 1.54) is 64.2 Å². The first-order valence-electron chi connectivity index (χ1n) is 13.6. The summed E-state index contributed by atoms with van der Waals surface area (Å²) in [6.45, 7) is 0. The molecule has 0 radical (unpaired) electrons. The predicted molar refractivity (Wildman–Crippen MR) is 130 cm³/mol. The van der Waals surface area contributed by atoms with Crippen molar-refractivity contribution >= 4 is 0 Å². The maximum Gasteiger partial charge on any atom is 0.0173 e. The van der Waals surface area contributed by atoms with E-state index in [1.54, 1.807) is 11.1 Å². The van der Waals surface area contributed by atoms with Gasteiger partial charge >= 0.3 is 0 Å². The van der Waals surface area contributed by atoms with Crippen molar-refractivity contribution in [2.24, 2.45) is 35.5 Å². The zero-order chi connectivity index (χ0) is 20.9. The quantitative estimate of drug-likeness (QED) is 0.434. The van der Waals surface area contributed by atoms with E-state index in [-0.39, 0.29) is 0 Å². The van der Waals surface area contributed by atoms with Crippen LogP contribution in [-0.4, -0.2) is 0 Å². The van der Waals surface area contributed by atoms with E-state index >= 15 is 0 Å². The van der Waals surface area contributed by atoms with Gasteiger partial charge in [-0.1, -0.05) is 71.8 Å². The monoisotopic (exact) mass is 420 g/mol. The zero-order valence-electron chi connectivity index (χ0n) is 19.3. The second kappa shape index (κ2) is 6.40. The fraction of sp³-hybridized carbons (Fsp3) is 0.562. The molecule has 10 rings (SSSR count). The molecule has 0 N–H and O–H groups in total. The lowest BCUT2D eigenvalue weighted by atomic mass is 9.39. The summed E-state index contributed by atoms with van der Waals surface area (Å²) in [6, 6.07) is 23.7. The standard InChI is InChI=1S/C32H36/c1-3-7-27(8-4-1)31-17-21-11-22(18-31)14-25(13-21)29(31)30-26-15-23-12-24(16-26)20-32(30,19-23)28-9-5-2-6-10-28/h1-10,21-26H,11-20H2/t21-,22?,23?,24?,25?,26?,31?,32?/m1/s1. The van der Waals surface area contributed by atoms with Crippen LogP contribution < -0.4 is 0 Å². The van der Waals surface area contributed by atoms with Gasteiger partial charge in [-0.25, -0.2) is 0 Å². The number of rotatable bonds is 2.